The molecule has 1 aliphatic rings. The van der Waals surface area contributed by atoms with Gasteiger partial charge in [0, 0.05) is 25.1 Å². The summed E-state index contributed by atoms with van der Waals surface area (Å²) >= 11 is 1.09. The van der Waals surface area contributed by atoms with Gasteiger partial charge in [0.2, 0.25) is 21.9 Å². The summed E-state index contributed by atoms with van der Waals surface area (Å²) in [6.07, 6.45) is 1.45. The van der Waals surface area contributed by atoms with Crippen molar-refractivity contribution in [1.82, 2.24) is 20.0 Å². The van der Waals surface area contributed by atoms with Crippen LogP contribution in [0.5, 0.6) is 5.75 Å². The van der Waals surface area contributed by atoms with Gasteiger partial charge in [-0.15, -0.1) is 10.2 Å². The molecule has 12 nitrogen and oxygen atoms in total. The van der Waals surface area contributed by atoms with Gasteiger partial charge in [-0.25, -0.2) is 9.48 Å². The Balaban J connectivity index is 1.61. The molecule has 4 rings (SSSR count). The van der Waals surface area contributed by atoms with Crippen molar-refractivity contribution >= 4 is 34.0 Å². The van der Waals surface area contributed by atoms with Gasteiger partial charge in [-0.3, -0.25) is 14.9 Å². The van der Waals surface area contributed by atoms with E-state index < -0.39 is 11.5 Å². The first-order chi connectivity index (χ1) is 14.9. The molecule has 13 heteroatoms. The van der Waals surface area contributed by atoms with Crippen molar-refractivity contribution in [3.05, 3.63) is 40.2 Å². The van der Waals surface area contributed by atoms with E-state index in [1.54, 1.807) is 16.9 Å². The van der Waals surface area contributed by atoms with Gasteiger partial charge < -0.3 is 18.8 Å². The summed E-state index contributed by atoms with van der Waals surface area (Å²) in [5.74, 6) is -1.46. The molecule has 0 radical (unpaired) electrons. The molecule has 2 amide bonds. The van der Waals surface area contributed by atoms with Crippen LogP contribution in [0.1, 0.15) is 22.7 Å². The molecule has 0 spiro atoms. The highest BCUT2D eigenvalue weighted by molar-refractivity contribution is 7.17. The lowest BCUT2D eigenvalue weighted by Gasteiger charge is -2.18. The van der Waals surface area contributed by atoms with Crippen LogP contribution in [0.4, 0.5) is 10.8 Å². The number of carbonyl (C=O) groups excluding carboxylic acids is 2. The van der Waals surface area contributed by atoms with E-state index in [2.05, 4.69) is 20.6 Å². The van der Waals surface area contributed by atoms with Crippen LogP contribution in [-0.4, -0.2) is 58.7 Å². The third kappa shape index (κ3) is 3.92. The molecule has 1 fully saturated rings. The second-order valence-electron chi connectivity index (χ2n) is 6.61. The van der Waals surface area contributed by atoms with Crippen LogP contribution in [0, 0.1) is 6.92 Å². The maximum absolute atomic E-state index is 12.7. The Morgan fingerprint density at radius 3 is 2.77 bits per heavy atom. The molecular formula is C18H18N6O6S. The van der Waals surface area contributed by atoms with Crippen LogP contribution in [0.25, 0.3) is 5.13 Å². The molecule has 1 saturated heterocycles. The minimum Gasteiger partial charge on any atom is -0.488 e. The molecule has 0 unspecified atom stereocenters. The SMILES string of the molecule is COc1c(N2C[C@H](OC)CC2=O)cc(C(=O)Nc2nnc(-n3nccc3C)s2)oc1=O. The lowest BCUT2D eigenvalue weighted by molar-refractivity contribution is -0.117. The fourth-order valence-corrected chi connectivity index (χ4v) is 3.87. The number of carbonyl (C=O) groups is 2. The fraction of sp³-hybridized carbons (Fsp3) is 0.333. The Hall–Kier alpha value is -3.58. The largest absolute Gasteiger partial charge is 0.488 e. The monoisotopic (exact) mass is 446 g/mol. The van der Waals surface area contributed by atoms with Gasteiger partial charge in [-0.05, 0) is 13.0 Å². The summed E-state index contributed by atoms with van der Waals surface area (Å²) in [7, 11) is 2.78. The maximum Gasteiger partial charge on any atom is 0.381 e. The number of anilines is 2. The predicted octanol–water partition coefficient (Wildman–Crippen LogP) is 0.998. The summed E-state index contributed by atoms with van der Waals surface area (Å²) in [6, 6.07) is 3.09. The second-order valence-corrected chi connectivity index (χ2v) is 7.57. The van der Waals surface area contributed by atoms with E-state index in [9.17, 15) is 14.4 Å². The smallest absolute Gasteiger partial charge is 0.381 e. The molecule has 0 aromatic carbocycles. The van der Waals surface area contributed by atoms with Gasteiger partial charge in [-0.1, -0.05) is 11.3 Å². The number of nitrogens with zero attached hydrogens (tertiary/aromatic N) is 5. The highest BCUT2D eigenvalue weighted by Crippen LogP contribution is 2.31. The number of nitrogens with one attached hydrogen (secondary N) is 1. The Bertz CT molecular complexity index is 1200. The van der Waals surface area contributed by atoms with Crippen molar-refractivity contribution in [2.75, 3.05) is 31.0 Å². The van der Waals surface area contributed by atoms with Crippen molar-refractivity contribution in [2.45, 2.75) is 19.4 Å². The zero-order valence-corrected chi connectivity index (χ0v) is 17.6. The van der Waals surface area contributed by atoms with E-state index in [0.29, 0.717) is 5.13 Å². The minimum absolute atomic E-state index is 0.138. The van der Waals surface area contributed by atoms with Crippen LogP contribution in [0.15, 0.2) is 27.5 Å². The average molecular weight is 446 g/mol. The van der Waals surface area contributed by atoms with Gasteiger partial charge >= 0.3 is 5.63 Å². The Labute approximate surface area is 179 Å². The molecular weight excluding hydrogens is 428 g/mol. The third-order valence-corrected chi connectivity index (χ3v) is 5.49. The van der Waals surface area contributed by atoms with E-state index in [1.807, 2.05) is 6.92 Å². The predicted molar refractivity (Wildman–Crippen MR) is 109 cm³/mol. The molecule has 4 heterocycles. The van der Waals surface area contributed by atoms with Gasteiger partial charge in [-0.2, -0.15) is 5.10 Å². The zero-order chi connectivity index (χ0) is 22.1. The average Bonchev–Trinajstić information content (AvgIpc) is 3.47. The van der Waals surface area contributed by atoms with Gasteiger partial charge in [0.05, 0.1) is 31.9 Å². The first-order valence-electron chi connectivity index (χ1n) is 9.12. The molecule has 1 atom stereocenters. The topological polar surface area (TPSA) is 142 Å². The van der Waals surface area contributed by atoms with Crippen LogP contribution >= 0.6 is 11.3 Å². The molecule has 0 aliphatic carbocycles. The van der Waals surface area contributed by atoms with Crippen molar-refractivity contribution in [3.8, 4) is 10.9 Å². The minimum atomic E-state index is -0.885. The number of rotatable bonds is 6. The summed E-state index contributed by atoms with van der Waals surface area (Å²) < 4.78 is 17.0. The van der Waals surface area contributed by atoms with Crippen LogP contribution in [0.2, 0.25) is 0 Å². The number of methoxy groups -OCH3 is 2. The van der Waals surface area contributed by atoms with Crippen molar-refractivity contribution in [2.24, 2.45) is 0 Å². The highest BCUT2D eigenvalue weighted by Gasteiger charge is 2.34. The standard InChI is InChI=1S/C18H18N6O6S/c1-9-4-5-19-24(9)18-22-21-17(31-18)20-15(26)12-7-11(14(29-3)16(27)30-12)23-8-10(28-2)6-13(23)25/h4-5,7,10H,6,8H2,1-3H3,(H,20,21,26)/t10-/m1/s1. The summed E-state index contributed by atoms with van der Waals surface area (Å²) in [4.78, 5) is 38.8. The molecule has 31 heavy (non-hydrogen) atoms. The first kappa shape index (κ1) is 20.7. The lowest BCUT2D eigenvalue weighted by Crippen LogP contribution is -2.28. The van der Waals surface area contributed by atoms with E-state index in [-0.39, 0.29) is 47.3 Å². The summed E-state index contributed by atoms with van der Waals surface area (Å²) in [6.45, 7) is 2.08. The van der Waals surface area contributed by atoms with Crippen LogP contribution in [0.3, 0.4) is 0 Å². The number of amides is 2. The van der Waals surface area contributed by atoms with E-state index >= 15 is 0 Å². The van der Waals surface area contributed by atoms with Crippen molar-refractivity contribution in [1.29, 1.82) is 0 Å². The second kappa shape index (κ2) is 8.28. The maximum atomic E-state index is 12.7. The van der Waals surface area contributed by atoms with Gasteiger partial charge in [0.25, 0.3) is 5.91 Å². The number of hydrogen-bond acceptors (Lipinski definition) is 10. The highest BCUT2D eigenvalue weighted by atomic mass is 32.1. The molecule has 3 aromatic heterocycles. The van der Waals surface area contributed by atoms with Crippen molar-refractivity contribution in [3.63, 3.8) is 0 Å². The quantitative estimate of drug-likeness (QED) is 0.587. The third-order valence-electron chi connectivity index (χ3n) is 4.68. The van der Waals surface area contributed by atoms with E-state index in [1.165, 1.54) is 25.2 Å². The Morgan fingerprint density at radius 1 is 1.32 bits per heavy atom. The van der Waals surface area contributed by atoms with Gasteiger partial charge in [0.1, 0.15) is 0 Å². The lowest BCUT2D eigenvalue weighted by atomic mass is 10.3. The Morgan fingerprint density at radius 2 is 2.13 bits per heavy atom. The molecule has 1 aliphatic heterocycles. The molecule has 162 valence electrons. The number of aromatic nitrogens is 4. The molecule has 3 aromatic rings. The molecule has 0 bridgehead atoms. The first-order valence-corrected chi connectivity index (χ1v) is 9.94. The van der Waals surface area contributed by atoms with Crippen molar-refractivity contribution < 1.29 is 23.5 Å². The molecule has 1 N–H and O–H groups in total. The summed E-state index contributed by atoms with van der Waals surface area (Å²) in [5.41, 5.74) is 0.104. The normalized spacial score (nSPS) is 16.0. The Kier molecular flexibility index (Phi) is 5.52. The number of ether oxygens (including phenoxy) is 2. The zero-order valence-electron chi connectivity index (χ0n) is 16.8. The van der Waals surface area contributed by atoms with Gasteiger partial charge in [0.15, 0.2) is 5.76 Å². The van der Waals surface area contributed by atoms with Crippen LogP contribution < -0.4 is 20.6 Å². The van der Waals surface area contributed by atoms with Crippen LogP contribution in [-0.2, 0) is 9.53 Å². The van der Waals surface area contributed by atoms with E-state index in [0.717, 1.165) is 17.0 Å². The fourth-order valence-electron chi connectivity index (χ4n) is 3.12. The number of aryl methyl sites for hydroxylation is 1. The van der Waals surface area contributed by atoms with E-state index in [4.69, 9.17) is 13.9 Å². The molecule has 0 saturated carbocycles. The number of hydrogen-bond donors (Lipinski definition) is 1. The summed E-state index contributed by atoms with van der Waals surface area (Å²) in [5, 5.41) is 15.2.